The standard InChI is InChI=1S/C19H24N4O2/c1-4-23-10-15(7-16(23)8-20)9-22-11-17(18(12-22)21-14(3)24)19-6-5-13(2)25-19/h5-7,10,17-18H,4,9,11-12H2,1-3H3,(H,21,24)/t17-,18-/m1/s1. The SMILES string of the molecule is CCn1cc(CN2C[C@@H](NC(C)=O)[C@H](c3ccc(C)o3)C2)cc1C#N. The molecule has 1 aliphatic rings. The number of rotatable bonds is 5. The summed E-state index contributed by atoms with van der Waals surface area (Å²) in [7, 11) is 0. The zero-order chi connectivity index (χ0) is 18.0. The molecule has 3 rings (SSSR count). The van der Waals surface area contributed by atoms with E-state index in [0.717, 1.165) is 43.3 Å². The number of aromatic nitrogens is 1. The Hall–Kier alpha value is -2.52. The van der Waals surface area contributed by atoms with Crippen molar-refractivity contribution in [1.29, 1.82) is 5.26 Å². The molecule has 2 aromatic heterocycles. The zero-order valence-electron chi connectivity index (χ0n) is 15.0. The fourth-order valence-electron chi connectivity index (χ4n) is 3.63. The summed E-state index contributed by atoms with van der Waals surface area (Å²) in [6.07, 6.45) is 2.04. The highest BCUT2D eigenvalue weighted by molar-refractivity contribution is 5.73. The number of aryl methyl sites for hydroxylation is 2. The molecule has 2 atom stereocenters. The lowest BCUT2D eigenvalue weighted by Gasteiger charge is -2.17. The summed E-state index contributed by atoms with van der Waals surface area (Å²) in [6, 6.07) is 8.18. The number of likely N-dealkylation sites (tertiary alicyclic amines) is 1. The monoisotopic (exact) mass is 340 g/mol. The molecule has 1 N–H and O–H groups in total. The summed E-state index contributed by atoms with van der Waals surface area (Å²) in [6.45, 7) is 8.64. The van der Waals surface area contributed by atoms with Crippen molar-refractivity contribution in [2.75, 3.05) is 13.1 Å². The Kier molecular flexibility index (Phi) is 4.95. The third kappa shape index (κ3) is 3.77. The predicted octanol–water partition coefficient (Wildman–Crippen LogP) is 2.39. The van der Waals surface area contributed by atoms with Crippen molar-refractivity contribution >= 4 is 5.91 Å². The second-order valence-electron chi connectivity index (χ2n) is 6.69. The molecule has 6 heteroatoms. The number of hydrogen-bond acceptors (Lipinski definition) is 4. The Morgan fingerprint density at radius 3 is 2.80 bits per heavy atom. The number of carbonyl (C=O) groups excluding carboxylic acids is 1. The fraction of sp³-hybridized carbons (Fsp3) is 0.474. The predicted molar refractivity (Wildman–Crippen MR) is 93.9 cm³/mol. The summed E-state index contributed by atoms with van der Waals surface area (Å²) < 4.78 is 7.77. The molecule has 3 heterocycles. The van der Waals surface area contributed by atoms with Crippen LogP contribution in [0.3, 0.4) is 0 Å². The van der Waals surface area contributed by atoms with Crippen LogP contribution in [0.25, 0.3) is 0 Å². The molecule has 1 fully saturated rings. The lowest BCUT2D eigenvalue weighted by molar-refractivity contribution is -0.119. The minimum absolute atomic E-state index is 0.0240. The van der Waals surface area contributed by atoms with E-state index in [1.54, 1.807) is 6.92 Å². The largest absolute Gasteiger partial charge is 0.466 e. The number of nitriles is 1. The fourth-order valence-corrected chi connectivity index (χ4v) is 3.63. The van der Waals surface area contributed by atoms with Gasteiger partial charge in [-0.3, -0.25) is 9.69 Å². The Balaban J connectivity index is 1.76. The van der Waals surface area contributed by atoms with Gasteiger partial charge in [0, 0.05) is 39.3 Å². The van der Waals surface area contributed by atoms with Crippen LogP contribution in [0.4, 0.5) is 0 Å². The van der Waals surface area contributed by atoms with Gasteiger partial charge in [0.2, 0.25) is 5.91 Å². The number of furan rings is 1. The molecule has 25 heavy (non-hydrogen) atoms. The first-order valence-electron chi connectivity index (χ1n) is 8.65. The van der Waals surface area contributed by atoms with E-state index >= 15 is 0 Å². The molecule has 0 spiro atoms. The van der Waals surface area contributed by atoms with E-state index in [1.807, 2.05) is 42.8 Å². The van der Waals surface area contributed by atoms with Crippen LogP contribution in [0.5, 0.6) is 0 Å². The molecule has 0 saturated carbocycles. The van der Waals surface area contributed by atoms with Gasteiger partial charge < -0.3 is 14.3 Å². The van der Waals surface area contributed by atoms with Gasteiger partial charge in [-0.2, -0.15) is 5.26 Å². The van der Waals surface area contributed by atoms with Crippen molar-refractivity contribution in [2.45, 2.75) is 45.8 Å². The van der Waals surface area contributed by atoms with E-state index < -0.39 is 0 Å². The van der Waals surface area contributed by atoms with E-state index in [2.05, 4.69) is 16.3 Å². The average Bonchev–Trinajstić information content (AvgIpc) is 3.25. The summed E-state index contributed by atoms with van der Waals surface area (Å²) in [4.78, 5) is 13.9. The van der Waals surface area contributed by atoms with Gasteiger partial charge in [-0.05, 0) is 37.6 Å². The maximum atomic E-state index is 11.6. The highest BCUT2D eigenvalue weighted by atomic mass is 16.3. The van der Waals surface area contributed by atoms with Crippen LogP contribution < -0.4 is 5.32 Å². The number of amides is 1. The van der Waals surface area contributed by atoms with Crippen LogP contribution in [-0.2, 0) is 17.9 Å². The number of nitrogens with zero attached hydrogens (tertiary/aromatic N) is 3. The van der Waals surface area contributed by atoms with Gasteiger partial charge in [0.1, 0.15) is 23.3 Å². The number of hydrogen-bond donors (Lipinski definition) is 1. The number of nitrogens with one attached hydrogen (secondary N) is 1. The van der Waals surface area contributed by atoms with Crippen LogP contribution in [0, 0.1) is 18.3 Å². The number of carbonyl (C=O) groups is 1. The lowest BCUT2D eigenvalue weighted by atomic mass is 10.0. The Morgan fingerprint density at radius 1 is 1.44 bits per heavy atom. The molecular formula is C19H24N4O2. The van der Waals surface area contributed by atoms with Crippen LogP contribution in [0.1, 0.15) is 42.5 Å². The first-order valence-corrected chi connectivity index (χ1v) is 8.65. The first kappa shape index (κ1) is 17.3. The van der Waals surface area contributed by atoms with Crippen molar-refractivity contribution in [3.05, 3.63) is 47.2 Å². The van der Waals surface area contributed by atoms with Crippen LogP contribution >= 0.6 is 0 Å². The van der Waals surface area contributed by atoms with E-state index in [-0.39, 0.29) is 17.9 Å². The molecular weight excluding hydrogens is 316 g/mol. The molecule has 0 aromatic carbocycles. The average molecular weight is 340 g/mol. The quantitative estimate of drug-likeness (QED) is 0.907. The molecule has 132 valence electrons. The molecule has 0 aliphatic carbocycles. The molecule has 2 aromatic rings. The molecule has 1 aliphatic heterocycles. The molecule has 6 nitrogen and oxygen atoms in total. The first-order chi connectivity index (χ1) is 12.0. The molecule has 1 saturated heterocycles. The molecule has 0 radical (unpaired) electrons. The van der Waals surface area contributed by atoms with Gasteiger partial charge in [0.15, 0.2) is 0 Å². The normalized spacial score (nSPS) is 20.6. The van der Waals surface area contributed by atoms with Crippen LogP contribution in [-0.4, -0.2) is 34.5 Å². The summed E-state index contributed by atoms with van der Waals surface area (Å²) in [5, 5.41) is 12.3. The Labute approximate surface area is 148 Å². The summed E-state index contributed by atoms with van der Waals surface area (Å²) in [5.74, 6) is 1.92. The second kappa shape index (κ2) is 7.16. The van der Waals surface area contributed by atoms with E-state index in [4.69, 9.17) is 4.42 Å². The molecule has 0 unspecified atom stereocenters. The molecule has 1 amide bonds. The van der Waals surface area contributed by atoms with Crippen molar-refractivity contribution in [3.8, 4) is 6.07 Å². The van der Waals surface area contributed by atoms with E-state index in [0.29, 0.717) is 5.69 Å². The second-order valence-corrected chi connectivity index (χ2v) is 6.69. The van der Waals surface area contributed by atoms with E-state index in [9.17, 15) is 10.1 Å². The third-order valence-electron chi connectivity index (χ3n) is 4.73. The van der Waals surface area contributed by atoms with Crippen molar-refractivity contribution in [1.82, 2.24) is 14.8 Å². The Bertz CT molecular complexity index is 799. The van der Waals surface area contributed by atoms with Gasteiger partial charge in [0.25, 0.3) is 0 Å². The van der Waals surface area contributed by atoms with Crippen molar-refractivity contribution in [3.63, 3.8) is 0 Å². The van der Waals surface area contributed by atoms with Gasteiger partial charge in [-0.15, -0.1) is 0 Å². The van der Waals surface area contributed by atoms with Gasteiger partial charge >= 0.3 is 0 Å². The lowest BCUT2D eigenvalue weighted by Crippen LogP contribution is -2.38. The zero-order valence-corrected chi connectivity index (χ0v) is 15.0. The highest BCUT2D eigenvalue weighted by Crippen LogP contribution is 2.30. The minimum atomic E-state index is -0.0240. The van der Waals surface area contributed by atoms with Crippen molar-refractivity contribution < 1.29 is 9.21 Å². The maximum absolute atomic E-state index is 11.6. The topological polar surface area (TPSA) is 74.2 Å². The van der Waals surface area contributed by atoms with E-state index in [1.165, 1.54) is 0 Å². The maximum Gasteiger partial charge on any atom is 0.217 e. The Morgan fingerprint density at radius 2 is 2.24 bits per heavy atom. The third-order valence-corrected chi connectivity index (χ3v) is 4.73. The minimum Gasteiger partial charge on any atom is -0.466 e. The molecule has 0 bridgehead atoms. The van der Waals surface area contributed by atoms with Crippen molar-refractivity contribution in [2.24, 2.45) is 0 Å². The summed E-state index contributed by atoms with van der Waals surface area (Å²) in [5.41, 5.74) is 1.81. The van der Waals surface area contributed by atoms with Gasteiger partial charge in [-0.1, -0.05) is 0 Å². The van der Waals surface area contributed by atoms with Gasteiger partial charge in [-0.25, -0.2) is 0 Å². The van der Waals surface area contributed by atoms with Gasteiger partial charge in [0.05, 0.1) is 12.0 Å². The smallest absolute Gasteiger partial charge is 0.217 e. The summed E-state index contributed by atoms with van der Waals surface area (Å²) >= 11 is 0. The van der Waals surface area contributed by atoms with Crippen LogP contribution in [0.2, 0.25) is 0 Å². The highest BCUT2D eigenvalue weighted by Gasteiger charge is 2.36. The van der Waals surface area contributed by atoms with Crippen LogP contribution in [0.15, 0.2) is 28.8 Å².